The summed E-state index contributed by atoms with van der Waals surface area (Å²) in [5.41, 5.74) is 0. The number of carbonyl (C=O) groups is 1. The van der Waals surface area contributed by atoms with Crippen molar-refractivity contribution in [3.8, 4) is 0 Å². The molecule has 1 rings (SSSR count). The molecule has 11 nitrogen and oxygen atoms in total. The fourth-order valence-electron chi connectivity index (χ4n) is 4.92. The summed E-state index contributed by atoms with van der Waals surface area (Å²) < 4.78 is 36.0. The Balaban J connectivity index is 2.64. The van der Waals surface area contributed by atoms with Crippen LogP contribution in [-0.4, -0.2) is 91.1 Å². The van der Waals surface area contributed by atoms with Gasteiger partial charge in [-0.3, -0.25) is 9.35 Å². The fourth-order valence-corrected chi connectivity index (χ4v) is 6.08. The number of rotatable bonds is 19. The topological polar surface area (TPSA) is 202 Å². The van der Waals surface area contributed by atoms with Crippen LogP contribution in [0, 0.1) is 0 Å². The number of hydrogen-bond acceptors (Lipinski definition) is 9. The molecule has 1 saturated heterocycles. The summed E-state index contributed by atoms with van der Waals surface area (Å²) in [5.74, 6) is -5.73. The molecular formula is C24H46O11S. The zero-order valence-electron chi connectivity index (χ0n) is 21.3. The van der Waals surface area contributed by atoms with Crippen LogP contribution in [0.1, 0.15) is 103 Å². The summed E-state index contributed by atoms with van der Waals surface area (Å²) in [6.45, 7) is 1.17. The molecule has 0 amide bonds. The highest BCUT2D eigenvalue weighted by Gasteiger charge is 2.72. The van der Waals surface area contributed by atoms with E-state index < -0.39 is 64.1 Å². The van der Waals surface area contributed by atoms with E-state index in [1.807, 2.05) is 0 Å². The largest absolute Gasteiger partial charge is 0.480 e. The van der Waals surface area contributed by atoms with E-state index in [4.69, 9.17) is 4.74 Å². The first-order valence-electron chi connectivity index (χ1n) is 13.2. The van der Waals surface area contributed by atoms with Crippen LogP contribution in [0.2, 0.25) is 0 Å². The van der Waals surface area contributed by atoms with Crippen LogP contribution in [0.3, 0.4) is 0 Å². The zero-order valence-corrected chi connectivity index (χ0v) is 22.1. The zero-order chi connectivity index (χ0) is 27.4. The smallest absolute Gasteiger partial charge is 0.333 e. The number of carboxylic acid groups (broad SMARTS) is 1. The third-order valence-electron chi connectivity index (χ3n) is 7.21. The normalized spacial score (nSPS) is 28.6. The van der Waals surface area contributed by atoms with Gasteiger partial charge in [0.15, 0.2) is 0 Å². The van der Waals surface area contributed by atoms with Crippen molar-refractivity contribution in [2.75, 3.05) is 6.61 Å². The summed E-state index contributed by atoms with van der Waals surface area (Å²) >= 11 is 0. The van der Waals surface area contributed by atoms with Gasteiger partial charge in [0.25, 0.3) is 10.1 Å². The Hall–Kier alpha value is -0.860. The van der Waals surface area contributed by atoms with Gasteiger partial charge in [0.1, 0.15) is 24.4 Å². The molecule has 12 heteroatoms. The van der Waals surface area contributed by atoms with Gasteiger partial charge < -0.3 is 35.4 Å². The molecule has 1 aliphatic heterocycles. The Morgan fingerprint density at radius 1 is 0.833 bits per heavy atom. The second-order valence-corrected chi connectivity index (χ2v) is 11.6. The molecule has 1 aliphatic rings. The summed E-state index contributed by atoms with van der Waals surface area (Å²) in [4.78, 5) is 12.2. The molecule has 0 bridgehead atoms. The summed E-state index contributed by atoms with van der Waals surface area (Å²) in [6, 6.07) is 0. The maximum atomic E-state index is 12.3. The van der Waals surface area contributed by atoms with Crippen molar-refractivity contribution in [1.29, 1.82) is 0 Å². The number of unbranched alkanes of at least 4 members (excludes halogenated alkanes) is 13. The SMILES string of the molecule is CCCCCCCCCCCCCCCCC(C(=O)O)(C1(O)O[C@H](CO)[C@@H](O)[C@H](O)[C@H]1O)S(=O)(=O)O. The van der Waals surface area contributed by atoms with Crippen LogP contribution < -0.4 is 0 Å². The van der Waals surface area contributed by atoms with Crippen LogP contribution in [0.5, 0.6) is 0 Å². The average Bonchev–Trinajstić information content (AvgIpc) is 2.81. The molecule has 0 saturated carbocycles. The molecule has 0 spiro atoms. The highest BCUT2D eigenvalue weighted by Crippen LogP contribution is 2.44. The number of hydrogen-bond donors (Lipinski definition) is 7. The minimum atomic E-state index is -5.62. The molecule has 0 aromatic carbocycles. The molecule has 214 valence electrons. The number of aliphatic carboxylic acids is 1. The van der Waals surface area contributed by atoms with Gasteiger partial charge in [-0.25, -0.2) is 0 Å². The summed E-state index contributed by atoms with van der Waals surface area (Å²) in [7, 11) is -5.62. The van der Waals surface area contributed by atoms with E-state index in [0.717, 1.165) is 25.7 Å². The second kappa shape index (κ2) is 15.5. The highest BCUT2D eigenvalue weighted by atomic mass is 32.2. The van der Waals surface area contributed by atoms with Crippen LogP contribution >= 0.6 is 0 Å². The molecule has 1 heterocycles. The van der Waals surface area contributed by atoms with E-state index in [1.54, 1.807) is 0 Å². The average molecular weight is 543 g/mol. The molecular weight excluding hydrogens is 496 g/mol. The predicted molar refractivity (Wildman–Crippen MR) is 132 cm³/mol. The van der Waals surface area contributed by atoms with Crippen molar-refractivity contribution in [3.05, 3.63) is 0 Å². The summed E-state index contributed by atoms with van der Waals surface area (Å²) in [5, 5.41) is 60.4. The van der Waals surface area contributed by atoms with Gasteiger partial charge >= 0.3 is 5.97 Å². The lowest BCUT2D eigenvalue weighted by atomic mass is 9.81. The first-order chi connectivity index (χ1) is 16.9. The van der Waals surface area contributed by atoms with E-state index in [2.05, 4.69) is 6.92 Å². The molecule has 6 atom stereocenters. The Kier molecular flexibility index (Phi) is 14.3. The van der Waals surface area contributed by atoms with Crippen molar-refractivity contribution in [2.24, 2.45) is 0 Å². The van der Waals surface area contributed by atoms with Crippen molar-refractivity contribution in [3.63, 3.8) is 0 Å². The molecule has 0 aromatic heterocycles. The molecule has 7 N–H and O–H groups in total. The number of carboxylic acids is 1. The molecule has 36 heavy (non-hydrogen) atoms. The standard InChI is InChI=1S/C24H46O11S/c1-2-3-4-5-6-7-8-9-10-11-12-13-14-15-16-23(22(29)30,36(32,33)34)24(31)21(28)20(27)19(26)18(17-25)35-24/h18-21,25-28,31H,2-17H2,1H3,(H,29,30)(H,32,33,34)/t18-,19-,20+,21-,23?,24?/m1/s1. The highest BCUT2D eigenvalue weighted by molar-refractivity contribution is 7.88. The molecule has 0 radical (unpaired) electrons. The first-order valence-corrected chi connectivity index (χ1v) is 14.6. The van der Waals surface area contributed by atoms with Crippen molar-refractivity contribution >= 4 is 16.1 Å². The number of aliphatic hydroxyl groups is 5. The Morgan fingerprint density at radius 3 is 1.61 bits per heavy atom. The lowest BCUT2D eigenvalue weighted by Gasteiger charge is -2.51. The van der Waals surface area contributed by atoms with Crippen LogP contribution in [0.25, 0.3) is 0 Å². The van der Waals surface area contributed by atoms with Crippen molar-refractivity contribution in [1.82, 2.24) is 0 Å². The van der Waals surface area contributed by atoms with E-state index in [9.17, 15) is 48.4 Å². The summed E-state index contributed by atoms with van der Waals surface area (Å²) in [6.07, 6.45) is 4.45. The maximum absolute atomic E-state index is 12.3. The van der Waals surface area contributed by atoms with Gasteiger partial charge in [0, 0.05) is 0 Å². The Morgan fingerprint density at radius 2 is 1.25 bits per heavy atom. The quantitative estimate of drug-likeness (QED) is 0.0925. The fraction of sp³-hybridized carbons (Fsp3) is 0.958. The van der Waals surface area contributed by atoms with E-state index >= 15 is 0 Å². The maximum Gasteiger partial charge on any atom is 0.333 e. The van der Waals surface area contributed by atoms with Crippen LogP contribution in [0.15, 0.2) is 0 Å². The molecule has 1 fully saturated rings. The van der Waals surface area contributed by atoms with Gasteiger partial charge in [0.05, 0.1) is 6.61 Å². The minimum absolute atomic E-state index is 0.0509. The number of ether oxygens (including phenoxy) is 1. The second-order valence-electron chi connectivity index (χ2n) is 9.91. The first kappa shape index (κ1) is 33.2. The molecule has 0 aromatic rings. The van der Waals surface area contributed by atoms with Crippen molar-refractivity contribution < 1.29 is 53.1 Å². The van der Waals surface area contributed by atoms with E-state index in [-0.39, 0.29) is 6.42 Å². The lowest BCUT2D eigenvalue weighted by Crippen LogP contribution is -2.77. The molecule has 2 unspecified atom stereocenters. The van der Waals surface area contributed by atoms with Gasteiger partial charge in [0.2, 0.25) is 10.5 Å². The third kappa shape index (κ3) is 8.07. The monoisotopic (exact) mass is 542 g/mol. The molecule has 0 aliphatic carbocycles. The van der Waals surface area contributed by atoms with Gasteiger partial charge in [-0.15, -0.1) is 0 Å². The van der Waals surface area contributed by atoms with Gasteiger partial charge in [-0.1, -0.05) is 96.8 Å². The van der Waals surface area contributed by atoms with Crippen LogP contribution in [0.4, 0.5) is 0 Å². The number of aliphatic hydroxyl groups excluding tert-OH is 4. The van der Waals surface area contributed by atoms with Gasteiger partial charge in [-0.2, -0.15) is 8.42 Å². The van der Waals surface area contributed by atoms with Crippen LogP contribution in [-0.2, 0) is 19.6 Å². The van der Waals surface area contributed by atoms with Crippen molar-refractivity contribution in [2.45, 2.75) is 138 Å². The predicted octanol–water partition coefficient (Wildman–Crippen LogP) is 1.73. The lowest BCUT2D eigenvalue weighted by molar-refractivity contribution is -0.360. The van der Waals surface area contributed by atoms with Gasteiger partial charge in [-0.05, 0) is 6.42 Å². The van der Waals surface area contributed by atoms with E-state index in [0.29, 0.717) is 12.8 Å². The minimum Gasteiger partial charge on any atom is -0.480 e. The van der Waals surface area contributed by atoms with E-state index in [1.165, 1.54) is 44.9 Å². The Bertz CT molecular complexity index is 744. The third-order valence-corrected chi connectivity index (χ3v) is 8.76. The Labute approximate surface area is 214 Å².